The van der Waals surface area contributed by atoms with Gasteiger partial charge in [-0.15, -0.1) is 0 Å². The molecule has 1 fully saturated rings. The molecule has 2 aromatic rings. The van der Waals surface area contributed by atoms with E-state index < -0.39 is 5.97 Å². The lowest BCUT2D eigenvalue weighted by atomic mass is 9.84. The number of aliphatic carboxylic acids is 1. The Bertz CT molecular complexity index is 841. The Morgan fingerprint density at radius 1 is 1.03 bits per heavy atom. The molecule has 0 saturated heterocycles. The number of hydrogen-bond acceptors (Lipinski definition) is 3. The highest BCUT2D eigenvalue weighted by atomic mass is 16.4. The zero-order chi connectivity index (χ0) is 22.2. The summed E-state index contributed by atoms with van der Waals surface area (Å²) >= 11 is 0. The first-order valence-corrected chi connectivity index (χ1v) is 12.0. The van der Waals surface area contributed by atoms with Gasteiger partial charge in [0.05, 0.1) is 17.8 Å². The van der Waals surface area contributed by atoms with Crippen molar-refractivity contribution in [2.45, 2.75) is 84.1 Å². The van der Waals surface area contributed by atoms with Gasteiger partial charge >= 0.3 is 5.97 Å². The maximum absolute atomic E-state index is 11.3. The number of benzene rings is 2. The van der Waals surface area contributed by atoms with Gasteiger partial charge in [0.1, 0.15) is 0 Å². The number of carboxylic acids is 1. The number of carboxylic acid groups (broad SMARTS) is 1. The standard InChI is InChI=1S/C27H38N2O2/c1-4-20-11-14-24(15-12-20)29-26-17-23(21(5-2)18-27(30)31)13-16-25(26)28-19(3)22-9-7-6-8-10-22/h11-17,19,21-22,28-29H,4-10,18H2,1-3H3,(H,30,31)/t19-,21?/m0/s1. The van der Waals surface area contributed by atoms with Crippen LogP contribution in [-0.2, 0) is 11.2 Å². The Balaban J connectivity index is 1.87. The van der Waals surface area contributed by atoms with Crippen LogP contribution >= 0.6 is 0 Å². The summed E-state index contributed by atoms with van der Waals surface area (Å²) in [5.41, 5.74) is 5.55. The van der Waals surface area contributed by atoms with E-state index in [2.05, 4.69) is 73.9 Å². The molecular weight excluding hydrogens is 384 g/mol. The van der Waals surface area contributed by atoms with E-state index in [1.165, 1.54) is 37.7 Å². The molecule has 31 heavy (non-hydrogen) atoms. The molecule has 0 radical (unpaired) electrons. The van der Waals surface area contributed by atoms with E-state index in [-0.39, 0.29) is 12.3 Å². The number of nitrogens with one attached hydrogen (secondary N) is 2. The predicted molar refractivity (Wildman–Crippen MR) is 130 cm³/mol. The second kappa shape index (κ2) is 11.2. The summed E-state index contributed by atoms with van der Waals surface area (Å²) in [6.45, 7) is 6.51. The summed E-state index contributed by atoms with van der Waals surface area (Å²) < 4.78 is 0. The van der Waals surface area contributed by atoms with E-state index in [9.17, 15) is 9.90 Å². The normalized spacial score (nSPS) is 16.5. The molecule has 0 aromatic heterocycles. The molecule has 168 valence electrons. The van der Waals surface area contributed by atoms with Crippen LogP contribution in [0, 0.1) is 5.92 Å². The number of carbonyl (C=O) groups is 1. The first-order valence-electron chi connectivity index (χ1n) is 12.0. The smallest absolute Gasteiger partial charge is 0.303 e. The Morgan fingerprint density at radius 2 is 1.74 bits per heavy atom. The molecular formula is C27H38N2O2. The van der Waals surface area contributed by atoms with Crippen molar-refractivity contribution in [2.75, 3.05) is 10.6 Å². The quantitative estimate of drug-likeness (QED) is 0.375. The van der Waals surface area contributed by atoms with Crippen LogP contribution in [-0.4, -0.2) is 17.1 Å². The van der Waals surface area contributed by atoms with Gasteiger partial charge in [-0.25, -0.2) is 0 Å². The number of aryl methyl sites for hydroxylation is 1. The van der Waals surface area contributed by atoms with Crippen LogP contribution in [0.2, 0.25) is 0 Å². The van der Waals surface area contributed by atoms with Gasteiger partial charge in [0.2, 0.25) is 0 Å². The molecule has 1 saturated carbocycles. The van der Waals surface area contributed by atoms with Crippen molar-refractivity contribution < 1.29 is 9.90 Å². The first-order chi connectivity index (χ1) is 15.0. The van der Waals surface area contributed by atoms with Crippen molar-refractivity contribution in [3.8, 4) is 0 Å². The summed E-state index contributed by atoms with van der Waals surface area (Å²) in [4.78, 5) is 11.3. The molecule has 0 spiro atoms. The van der Waals surface area contributed by atoms with Gasteiger partial charge in [-0.1, -0.05) is 51.3 Å². The topological polar surface area (TPSA) is 61.4 Å². The molecule has 2 atom stereocenters. The van der Waals surface area contributed by atoms with Crippen molar-refractivity contribution in [3.05, 3.63) is 53.6 Å². The molecule has 3 N–H and O–H groups in total. The van der Waals surface area contributed by atoms with E-state index in [0.29, 0.717) is 12.0 Å². The monoisotopic (exact) mass is 422 g/mol. The third-order valence-electron chi connectivity index (χ3n) is 6.81. The molecule has 0 bridgehead atoms. The minimum Gasteiger partial charge on any atom is -0.481 e. The first kappa shape index (κ1) is 23.2. The Kier molecular flexibility index (Phi) is 8.39. The van der Waals surface area contributed by atoms with Gasteiger partial charge in [-0.05, 0) is 79.8 Å². The third kappa shape index (κ3) is 6.49. The van der Waals surface area contributed by atoms with Crippen molar-refractivity contribution in [1.29, 1.82) is 0 Å². The van der Waals surface area contributed by atoms with Gasteiger partial charge in [-0.2, -0.15) is 0 Å². The molecule has 1 unspecified atom stereocenters. The van der Waals surface area contributed by atoms with Crippen LogP contribution in [0.4, 0.5) is 17.1 Å². The molecule has 3 rings (SSSR count). The van der Waals surface area contributed by atoms with Gasteiger partial charge in [0.15, 0.2) is 0 Å². The van der Waals surface area contributed by atoms with E-state index >= 15 is 0 Å². The lowest BCUT2D eigenvalue weighted by Gasteiger charge is -2.30. The van der Waals surface area contributed by atoms with Crippen LogP contribution in [0.1, 0.15) is 82.8 Å². The van der Waals surface area contributed by atoms with Crippen molar-refractivity contribution in [1.82, 2.24) is 0 Å². The molecule has 0 amide bonds. The second-order valence-corrected chi connectivity index (χ2v) is 9.01. The van der Waals surface area contributed by atoms with Crippen molar-refractivity contribution in [3.63, 3.8) is 0 Å². The Hall–Kier alpha value is -2.49. The minimum atomic E-state index is -0.746. The molecule has 1 aliphatic carbocycles. The van der Waals surface area contributed by atoms with Gasteiger partial charge in [-0.3, -0.25) is 4.79 Å². The fourth-order valence-electron chi connectivity index (χ4n) is 4.73. The maximum Gasteiger partial charge on any atom is 0.303 e. The summed E-state index contributed by atoms with van der Waals surface area (Å²) in [6, 6.07) is 15.3. The predicted octanol–water partition coefficient (Wildman–Crippen LogP) is 7.34. The molecule has 1 aliphatic rings. The van der Waals surface area contributed by atoms with E-state index in [0.717, 1.165) is 35.5 Å². The van der Waals surface area contributed by atoms with Gasteiger partial charge in [0, 0.05) is 11.7 Å². The van der Waals surface area contributed by atoms with Crippen LogP contribution in [0.3, 0.4) is 0 Å². The largest absolute Gasteiger partial charge is 0.481 e. The number of hydrogen-bond donors (Lipinski definition) is 3. The summed E-state index contributed by atoms with van der Waals surface area (Å²) in [5, 5.41) is 16.7. The van der Waals surface area contributed by atoms with Crippen LogP contribution < -0.4 is 10.6 Å². The average molecular weight is 423 g/mol. The zero-order valence-electron chi connectivity index (χ0n) is 19.3. The Labute approximate surface area is 187 Å². The number of rotatable bonds is 10. The molecule has 4 heteroatoms. The Morgan fingerprint density at radius 3 is 2.35 bits per heavy atom. The molecule has 2 aromatic carbocycles. The summed E-state index contributed by atoms with van der Waals surface area (Å²) in [6.07, 6.45) is 8.60. The highest BCUT2D eigenvalue weighted by molar-refractivity contribution is 5.76. The fourth-order valence-corrected chi connectivity index (χ4v) is 4.73. The average Bonchev–Trinajstić information content (AvgIpc) is 2.79. The van der Waals surface area contributed by atoms with Crippen LogP contribution in [0.15, 0.2) is 42.5 Å². The van der Waals surface area contributed by atoms with E-state index in [1.54, 1.807) is 0 Å². The maximum atomic E-state index is 11.3. The number of anilines is 3. The highest BCUT2D eigenvalue weighted by Crippen LogP contribution is 2.35. The van der Waals surface area contributed by atoms with Gasteiger partial charge < -0.3 is 15.7 Å². The molecule has 0 aliphatic heterocycles. The third-order valence-corrected chi connectivity index (χ3v) is 6.81. The second-order valence-electron chi connectivity index (χ2n) is 9.01. The minimum absolute atomic E-state index is 0.0188. The summed E-state index contributed by atoms with van der Waals surface area (Å²) in [7, 11) is 0. The lowest BCUT2D eigenvalue weighted by Crippen LogP contribution is -2.28. The SMILES string of the molecule is CCc1ccc(Nc2cc(C(CC)CC(=O)O)ccc2N[C@@H](C)C2CCCCC2)cc1. The van der Waals surface area contributed by atoms with E-state index in [4.69, 9.17) is 0 Å². The van der Waals surface area contributed by atoms with Crippen molar-refractivity contribution >= 4 is 23.0 Å². The van der Waals surface area contributed by atoms with E-state index in [1.807, 2.05) is 0 Å². The fraction of sp³-hybridized carbons (Fsp3) is 0.519. The van der Waals surface area contributed by atoms with Crippen LogP contribution in [0.5, 0.6) is 0 Å². The highest BCUT2D eigenvalue weighted by Gasteiger charge is 2.21. The van der Waals surface area contributed by atoms with Crippen LogP contribution in [0.25, 0.3) is 0 Å². The summed E-state index contributed by atoms with van der Waals surface area (Å²) in [5.74, 6) is -0.0181. The van der Waals surface area contributed by atoms with Crippen molar-refractivity contribution in [2.24, 2.45) is 5.92 Å². The molecule has 0 heterocycles. The zero-order valence-corrected chi connectivity index (χ0v) is 19.3. The van der Waals surface area contributed by atoms with Gasteiger partial charge in [0.25, 0.3) is 0 Å². The molecule has 4 nitrogen and oxygen atoms in total. The lowest BCUT2D eigenvalue weighted by molar-refractivity contribution is -0.137.